The van der Waals surface area contributed by atoms with Gasteiger partial charge in [0.25, 0.3) is 0 Å². The van der Waals surface area contributed by atoms with Gasteiger partial charge in [-0.1, -0.05) is 0 Å². The van der Waals surface area contributed by atoms with E-state index < -0.39 is 47.0 Å². The quantitative estimate of drug-likeness (QED) is 0.345. The summed E-state index contributed by atoms with van der Waals surface area (Å²) < 4.78 is 146. The molecule has 0 spiro atoms. The van der Waals surface area contributed by atoms with Crippen molar-refractivity contribution in [2.24, 2.45) is 0 Å². The van der Waals surface area contributed by atoms with Crippen LogP contribution in [0.15, 0.2) is 36.4 Å². The summed E-state index contributed by atoms with van der Waals surface area (Å²) in [6.07, 6.45) is -20.2. The monoisotopic (exact) mass is 458 g/mol. The second-order valence-electron chi connectivity index (χ2n) is 5.60. The maximum atomic E-state index is 12.2. The van der Waals surface area contributed by atoms with E-state index in [0.29, 0.717) is 12.1 Å². The van der Waals surface area contributed by atoms with E-state index in [1.807, 2.05) is 0 Å². The summed E-state index contributed by atoms with van der Waals surface area (Å²) in [5.74, 6) is 0. The molecule has 0 aromatic heterocycles. The number of nitrogens with two attached hydrogens (primary N) is 2. The third-order valence-electron chi connectivity index (χ3n) is 3.31. The molecule has 30 heavy (non-hydrogen) atoms. The Kier molecular flexibility index (Phi) is 6.85. The Hall–Kier alpha value is -2.80. The molecule has 0 amide bonds. The van der Waals surface area contributed by atoms with E-state index >= 15 is 0 Å². The van der Waals surface area contributed by atoms with Gasteiger partial charge in [-0.2, -0.15) is 52.7 Å². The van der Waals surface area contributed by atoms with Crippen LogP contribution in [0.1, 0.15) is 22.3 Å². The zero-order valence-electron chi connectivity index (χ0n) is 14.2. The Bertz CT molecular complexity index is 802. The van der Waals surface area contributed by atoms with Gasteiger partial charge in [0.05, 0.1) is 22.3 Å². The summed E-state index contributed by atoms with van der Waals surface area (Å²) in [6, 6.07) is 2.72. The Labute approximate surface area is 160 Å². The second-order valence-corrected chi connectivity index (χ2v) is 5.60. The molecule has 0 fully saturated rings. The highest BCUT2D eigenvalue weighted by Gasteiger charge is 2.43. The number of hydrogen-bond donors (Lipinski definition) is 2. The van der Waals surface area contributed by atoms with Gasteiger partial charge in [-0.05, 0) is 36.4 Å². The molecular weight excluding hydrogens is 448 g/mol. The van der Waals surface area contributed by atoms with Gasteiger partial charge >= 0.3 is 24.7 Å². The molecule has 0 radical (unpaired) electrons. The number of rotatable bonds is 0. The topological polar surface area (TPSA) is 52.0 Å². The third kappa shape index (κ3) is 6.62. The van der Waals surface area contributed by atoms with Crippen LogP contribution in [0.4, 0.5) is 64.1 Å². The Morgan fingerprint density at radius 2 is 0.633 bits per heavy atom. The zero-order chi connectivity index (χ0) is 23.7. The van der Waals surface area contributed by atoms with E-state index in [0.717, 1.165) is 12.1 Å². The fraction of sp³-hybridized carbons (Fsp3) is 0.250. The molecule has 14 heteroatoms. The van der Waals surface area contributed by atoms with E-state index in [2.05, 4.69) is 0 Å². The average molecular weight is 458 g/mol. The van der Waals surface area contributed by atoms with Crippen LogP contribution in [0.2, 0.25) is 0 Å². The molecular formula is C16H10F12N2. The molecule has 0 aliphatic carbocycles. The minimum atomic E-state index is -5.07. The van der Waals surface area contributed by atoms with E-state index in [-0.39, 0.29) is 23.5 Å². The summed E-state index contributed by atoms with van der Waals surface area (Å²) in [5.41, 5.74) is 2.27. The molecule has 4 N–H and O–H groups in total. The van der Waals surface area contributed by atoms with Crippen LogP contribution in [0.5, 0.6) is 0 Å². The van der Waals surface area contributed by atoms with E-state index in [1.165, 1.54) is 0 Å². The highest BCUT2D eigenvalue weighted by molar-refractivity contribution is 5.47. The number of benzene rings is 2. The van der Waals surface area contributed by atoms with Crippen molar-refractivity contribution >= 4 is 11.4 Å². The molecule has 0 bridgehead atoms. The number of nitrogen functional groups attached to an aromatic ring is 2. The smallest absolute Gasteiger partial charge is 0.399 e. The van der Waals surface area contributed by atoms with Crippen molar-refractivity contribution in [2.75, 3.05) is 11.5 Å². The molecule has 2 rings (SSSR count). The van der Waals surface area contributed by atoms with Gasteiger partial charge in [-0.15, -0.1) is 0 Å². The summed E-state index contributed by atoms with van der Waals surface area (Å²) in [7, 11) is 0. The second kappa shape index (κ2) is 8.14. The number of hydrogen-bond acceptors (Lipinski definition) is 2. The van der Waals surface area contributed by atoms with Crippen molar-refractivity contribution in [3.05, 3.63) is 58.7 Å². The highest BCUT2D eigenvalue weighted by atomic mass is 19.4. The zero-order valence-corrected chi connectivity index (χ0v) is 14.2. The Balaban J connectivity index is 0.000000300. The third-order valence-corrected chi connectivity index (χ3v) is 3.31. The van der Waals surface area contributed by atoms with Crippen LogP contribution < -0.4 is 11.5 Å². The van der Waals surface area contributed by atoms with E-state index in [1.54, 1.807) is 0 Å². The number of halogens is 12. The van der Waals surface area contributed by atoms with Gasteiger partial charge in [-0.25, -0.2) is 0 Å². The predicted octanol–water partition coefficient (Wildman–Crippen LogP) is 6.61. The van der Waals surface area contributed by atoms with Gasteiger partial charge < -0.3 is 11.5 Å². The van der Waals surface area contributed by atoms with Gasteiger partial charge in [0.1, 0.15) is 0 Å². The lowest BCUT2D eigenvalue weighted by molar-refractivity contribution is -0.162. The molecule has 0 aliphatic rings. The van der Waals surface area contributed by atoms with Crippen molar-refractivity contribution in [3.8, 4) is 0 Å². The Morgan fingerprint density at radius 3 is 0.833 bits per heavy atom. The highest BCUT2D eigenvalue weighted by Crippen LogP contribution is 2.42. The largest absolute Gasteiger partial charge is 0.417 e. The average Bonchev–Trinajstić information content (AvgIpc) is 2.51. The van der Waals surface area contributed by atoms with Crippen molar-refractivity contribution < 1.29 is 52.7 Å². The SMILES string of the molecule is Nc1ccc(C(F)(F)F)c(C(F)(F)F)c1.Nc1ccc(C(F)(F)F)c(C(F)(F)F)c1. The molecule has 0 aliphatic heterocycles. The summed E-state index contributed by atoms with van der Waals surface area (Å²) >= 11 is 0. The van der Waals surface area contributed by atoms with Crippen LogP contribution in [-0.2, 0) is 24.7 Å². The molecule has 0 atom stereocenters. The first-order valence-corrected chi connectivity index (χ1v) is 7.32. The normalized spacial score (nSPS) is 12.9. The van der Waals surface area contributed by atoms with Crippen LogP contribution in [0, 0.1) is 0 Å². The molecule has 0 saturated carbocycles. The van der Waals surface area contributed by atoms with Crippen molar-refractivity contribution in [3.63, 3.8) is 0 Å². The van der Waals surface area contributed by atoms with Gasteiger partial charge in [-0.3, -0.25) is 0 Å². The van der Waals surface area contributed by atoms with Crippen LogP contribution in [0.25, 0.3) is 0 Å². The van der Waals surface area contributed by atoms with Crippen molar-refractivity contribution in [1.82, 2.24) is 0 Å². The molecule has 2 aromatic rings. The lowest BCUT2D eigenvalue weighted by atomic mass is 10.1. The minimum Gasteiger partial charge on any atom is -0.399 e. The fourth-order valence-electron chi connectivity index (χ4n) is 2.09. The molecule has 0 heterocycles. The van der Waals surface area contributed by atoms with E-state index in [4.69, 9.17) is 11.5 Å². The molecule has 168 valence electrons. The predicted molar refractivity (Wildman–Crippen MR) is 81.7 cm³/mol. The Morgan fingerprint density at radius 1 is 0.400 bits per heavy atom. The first kappa shape index (κ1) is 25.2. The first-order chi connectivity index (χ1) is 13.2. The van der Waals surface area contributed by atoms with Crippen LogP contribution >= 0.6 is 0 Å². The fourth-order valence-corrected chi connectivity index (χ4v) is 2.09. The first-order valence-electron chi connectivity index (χ1n) is 7.32. The van der Waals surface area contributed by atoms with Crippen LogP contribution in [0.3, 0.4) is 0 Å². The summed E-state index contributed by atoms with van der Waals surface area (Å²) in [5, 5.41) is 0. The van der Waals surface area contributed by atoms with Gasteiger partial charge in [0.2, 0.25) is 0 Å². The lowest BCUT2D eigenvalue weighted by Gasteiger charge is -2.15. The number of alkyl halides is 12. The minimum absolute atomic E-state index is 0.267. The maximum absolute atomic E-state index is 12.2. The van der Waals surface area contributed by atoms with Crippen molar-refractivity contribution in [1.29, 1.82) is 0 Å². The molecule has 2 aromatic carbocycles. The molecule has 0 unspecified atom stereocenters. The van der Waals surface area contributed by atoms with Crippen molar-refractivity contribution in [2.45, 2.75) is 24.7 Å². The maximum Gasteiger partial charge on any atom is 0.417 e. The van der Waals surface area contributed by atoms with Gasteiger partial charge in [0.15, 0.2) is 0 Å². The standard InChI is InChI=1S/2C8H5F6N/c2*9-7(10,11)5-2-1-4(15)3-6(5)8(12,13)14/h2*1-3H,15H2. The van der Waals surface area contributed by atoms with Crippen LogP contribution in [-0.4, -0.2) is 0 Å². The summed E-state index contributed by atoms with van der Waals surface area (Å²) in [6.45, 7) is 0. The molecule has 2 nitrogen and oxygen atoms in total. The van der Waals surface area contributed by atoms with Gasteiger partial charge in [0, 0.05) is 11.4 Å². The number of anilines is 2. The lowest BCUT2D eigenvalue weighted by Crippen LogP contribution is -2.16. The molecule has 0 saturated heterocycles. The summed E-state index contributed by atoms with van der Waals surface area (Å²) in [4.78, 5) is 0. The van der Waals surface area contributed by atoms with E-state index in [9.17, 15) is 52.7 Å².